The molecule has 0 bridgehead atoms. The Morgan fingerprint density at radius 3 is 2.34 bits per heavy atom. The molecule has 2 amide bonds. The maximum atomic E-state index is 13.3. The number of fused-ring (bicyclic) bond motifs is 2. The maximum absolute atomic E-state index is 13.3. The van der Waals surface area contributed by atoms with Crippen molar-refractivity contribution < 1.29 is 22.4 Å². The van der Waals surface area contributed by atoms with Crippen LogP contribution in [0.25, 0.3) is 0 Å². The summed E-state index contributed by atoms with van der Waals surface area (Å²) in [7, 11) is -4.25. The average Bonchev–Trinajstić information content (AvgIpc) is 3.49. The normalized spacial score (nSPS) is 18.3. The number of amides is 2. The van der Waals surface area contributed by atoms with Crippen LogP contribution in [0.2, 0.25) is 0 Å². The second-order valence-corrected chi connectivity index (χ2v) is 10.3. The Balaban J connectivity index is 1.41. The van der Waals surface area contributed by atoms with E-state index in [9.17, 15) is 13.2 Å². The molecular formula is C22H28N4O5S. The molecule has 5 rings (SSSR count). The average molecular weight is 461 g/mol. The largest absolute Gasteiger partial charge is 0.431 e. The topological polar surface area (TPSA) is 114 Å². The van der Waals surface area contributed by atoms with Crippen molar-refractivity contribution in [3.05, 3.63) is 40.3 Å². The summed E-state index contributed by atoms with van der Waals surface area (Å²) in [5.74, 6) is 0. The summed E-state index contributed by atoms with van der Waals surface area (Å²) < 4.78 is 40.7. The first kappa shape index (κ1) is 21.3. The minimum atomic E-state index is -4.25. The van der Waals surface area contributed by atoms with Gasteiger partial charge in [-0.2, -0.15) is 13.4 Å². The standard InChI is InChI=1S/C22H28N4O5S/c1-14-13-31-22(23-14)26(17-8-10-30-11-9-17)32(28,29)25-21(27)24-20-18-6-2-4-15(18)12-16-5-3-7-19(16)20/h12-13,17H,2-11H2,1H3,(H2,24,25,27). The van der Waals surface area contributed by atoms with Gasteiger partial charge in [0.15, 0.2) is 0 Å². The highest BCUT2D eigenvalue weighted by Gasteiger charge is 2.36. The van der Waals surface area contributed by atoms with Crippen molar-refractivity contribution in [1.29, 1.82) is 0 Å². The molecule has 0 saturated carbocycles. The summed E-state index contributed by atoms with van der Waals surface area (Å²) in [5, 5.41) is 2.88. The first-order valence-corrected chi connectivity index (χ1v) is 12.7. The molecule has 10 heteroatoms. The van der Waals surface area contributed by atoms with Crippen LogP contribution in [-0.2, 0) is 40.6 Å². The third-order valence-corrected chi connectivity index (χ3v) is 7.93. The minimum Gasteiger partial charge on any atom is -0.431 e. The van der Waals surface area contributed by atoms with Gasteiger partial charge in [0.2, 0.25) is 0 Å². The molecule has 172 valence electrons. The van der Waals surface area contributed by atoms with Gasteiger partial charge in [-0.05, 0) is 80.5 Å². The van der Waals surface area contributed by atoms with E-state index in [0.717, 1.165) is 59.6 Å². The van der Waals surface area contributed by atoms with E-state index >= 15 is 0 Å². The van der Waals surface area contributed by atoms with E-state index in [0.29, 0.717) is 31.7 Å². The monoisotopic (exact) mass is 460 g/mol. The number of aromatic nitrogens is 1. The van der Waals surface area contributed by atoms with Gasteiger partial charge in [0.1, 0.15) is 6.26 Å². The van der Waals surface area contributed by atoms with E-state index in [1.165, 1.54) is 17.4 Å². The molecule has 2 N–H and O–H groups in total. The van der Waals surface area contributed by atoms with Gasteiger partial charge in [0, 0.05) is 18.9 Å². The number of hydrogen-bond donors (Lipinski definition) is 2. The summed E-state index contributed by atoms with van der Waals surface area (Å²) in [4.78, 5) is 17.2. The smallest absolute Gasteiger partial charge is 0.334 e. The highest BCUT2D eigenvalue weighted by molar-refractivity contribution is 7.91. The molecule has 3 aliphatic rings. The molecule has 0 atom stereocenters. The van der Waals surface area contributed by atoms with Crippen molar-refractivity contribution in [2.75, 3.05) is 22.8 Å². The summed E-state index contributed by atoms with van der Waals surface area (Å²) in [6.45, 7) is 2.59. The first-order chi connectivity index (χ1) is 15.4. The number of carbonyl (C=O) groups excluding carboxylic acids is 1. The van der Waals surface area contributed by atoms with Crippen LogP contribution in [-0.4, -0.2) is 38.7 Å². The lowest BCUT2D eigenvalue weighted by molar-refractivity contribution is 0.0868. The van der Waals surface area contributed by atoms with E-state index in [1.54, 1.807) is 6.92 Å². The van der Waals surface area contributed by atoms with Gasteiger partial charge in [0.05, 0.1) is 11.7 Å². The van der Waals surface area contributed by atoms with Crippen molar-refractivity contribution >= 4 is 27.9 Å². The molecule has 0 spiro atoms. The highest BCUT2D eigenvalue weighted by atomic mass is 32.2. The number of rotatable bonds is 5. The number of hydrogen-bond acceptors (Lipinski definition) is 6. The van der Waals surface area contributed by atoms with Gasteiger partial charge in [-0.15, -0.1) is 0 Å². The van der Waals surface area contributed by atoms with Crippen molar-refractivity contribution in [3.63, 3.8) is 0 Å². The Bertz CT molecular complexity index is 1110. The predicted octanol–water partition coefficient (Wildman–Crippen LogP) is 3.01. The fraction of sp³-hybridized carbons (Fsp3) is 0.545. The molecule has 0 unspecified atom stereocenters. The van der Waals surface area contributed by atoms with Crippen LogP contribution in [0.3, 0.4) is 0 Å². The minimum absolute atomic E-state index is 0.0452. The third-order valence-electron chi connectivity index (χ3n) is 6.51. The Morgan fingerprint density at radius 1 is 1.09 bits per heavy atom. The number of nitrogens with zero attached hydrogens (tertiary/aromatic N) is 2. The summed E-state index contributed by atoms with van der Waals surface area (Å²) >= 11 is 0. The van der Waals surface area contributed by atoms with Crippen molar-refractivity contribution in [2.24, 2.45) is 0 Å². The highest BCUT2D eigenvalue weighted by Crippen LogP contribution is 2.38. The zero-order chi connectivity index (χ0) is 22.3. The molecule has 0 radical (unpaired) electrons. The van der Waals surface area contributed by atoms with Gasteiger partial charge < -0.3 is 14.5 Å². The zero-order valence-electron chi connectivity index (χ0n) is 18.1. The number of benzene rings is 1. The van der Waals surface area contributed by atoms with E-state index < -0.39 is 22.3 Å². The lowest BCUT2D eigenvalue weighted by Gasteiger charge is -2.32. The summed E-state index contributed by atoms with van der Waals surface area (Å²) in [5.41, 5.74) is 6.17. The molecule has 1 fully saturated rings. The van der Waals surface area contributed by atoms with E-state index in [2.05, 4.69) is 21.1 Å². The fourth-order valence-corrected chi connectivity index (χ4v) is 6.37. The van der Waals surface area contributed by atoms with E-state index in [1.807, 2.05) is 0 Å². The lowest BCUT2D eigenvalue weighted by atomic mass is 9.99. The Morgan fingerprint density at radius 2 is 1.75 bits per heavy atom. The first-order valence-electron chi connectivity index (χ1n) is 11.2. The van der Waals surface area contributed by atoms with Crippen molar-refractivity contribution in [2.45, 2.75) is 64.3 Å². The van der Waals surface area contributed by atoms with Gasteiger partial charge in [0.25, 0.3) is 0 Å². The molecule has 2 aliphatic carbocycles. The Kier molecular flexibility index (Phi) is 5.58. The SMILES string of the molecule is Cc1coc(N(C2CCOCC2)S(=O)(=O)NC(=O)Nc2c3c(cc4c2CCC4)CCC3)n1. The molecule has 9 nitrogen and oxygen atoms in total. The summed E-state index contributed by atoms with van der Waals surface area (Å²) in [6.07, 6.45) is 8.27. The van der Waals surface area contributed by atoms with Gasteiger partial charge in [-0.3, -0.25) is 0 Å². The number of aryl methyl sites for hydroxylation is 3. The number of oxazole rings is 1. The number of anilines is 2. The van der Waals surface area contributed by atoms with Crippen LogP contribution in [0.5, 0.6) is 0 Å². The lowest BCUT2D eigenvalue weighted by Crippen LogP contribution is -2.51. The van der Waals surface area contributed by atoms with Crippen molar-refractivity contribution in [3.8, 4) is 0 Å². The molecule has 2 heterocycles. The maximum Gasteiger partial charge on any atom is 0.334 e. The number of nitrogens with one attached hydrogen (secondary N) is 2. The van der Waals surface area contributed by atoms with Crippen LogP contribution in [0.15, 0.2) is 16.7 Å². The number of urea groups is 1. The molecule has 1 aromatic heterocycles. The molecular weight excluding hydrogens is 432 g/mol. The van der Waals surface area contributed by atoms with E-state index in [4.69, 9.17) is 9.15 Å². The predicted molar refractivity (Wildman–Crippen MR) is 119 cm³/mol. The van der Waals surface area contributed by atoms with Crippen LogP contribution < -0.4 is 14.3 Å². The van der Waals surface area contributed by atoms with Crippen molar-refractivity contribution in [1.82, 2.24) is 9.71 Å². The van der Waals surface area contributed by atoms with Gasteiger partial charge in [-0.25, -0.2) is 13.8 Å². The summed E-state index contributed by atoms with van der Waals surface area (Å²) in [6, 6.07) is 1.05. The number of ether oxygens (including phenoxy) is 1. The Labute approximate surface area is 187 Å². The molecule has 32 heavy (non-hydrogen) atoms. The second kappa shape index (κ2) is 8.40. The van der Waals surface area contributed by atoms with Crippen LogP contribution in [0.1, 0.15) is 53.6 Å². The zero-order valence-corrected chi connectivity index (χ0v) is 19.0. The molecule has 1 saturated heterocycles. The van der Waals surface area contributed by atoms with Crippen LogP contribution in [0, 0.1) is 6.92 Å². The van der Waals surface area contributed by atoms with E-state index in [-0.39, 0.29) is 6.01 Å². The van der Waals surface area contributed by atoms with Crippen LogP contribution >= 0.6 is 0 Å². The molecule has 2 aromatic rings. The Hall–Kier alpha value is -2.59. The van der Waals surface area contributed by atoms with Gasteiger partial charge >= 0.3 is 22.3 Å². The number of carbonyl (C=O) groups is 1. The fourth-order valence-electron chi connectivity index (χ4n) is 5.09. The molecule has 1 aromatic carbocycles. The quantitative estimate of drug-likeness (QED) is 0.709. The third kappa shape index (κ3) is 3.97. The second-order valence-electron chi connectivity index (χ2n) is 8.71. The van der Waals surface area contributed by atoms with Crippen LogP contribution in [0.4, 0.5) is 16.5 Å². The molecule has 1 aliphatic heterocycles. The van der Waals surface area contributed by atoms with Gasteiger partial charge in [-0.1, -0.05) is 6.07 Å².